The molecule has 2 aromatic rings. The minimum Gasteiger partial charge on any atom is -0.258 e. The molecule has 0 aromatic heterocycles. The van der Waals surface area contributed by atoms with Crippen molar-refractivity contribution < 1.29 is 4.92 Å². The van der Waals surface area contributed by atoms with Crippen molar-refractivity contribution in [3.05, 3.63) is 67.8 Å². The number of hydrogen-bond acceptors (Lipinski definition) is 4. The van der Waals surface area contributed by atoms with Crippen LogP contribution >= 0.6 is 22.6 Å². The predicted octanol–water partition coefficient (Wildman–Crippen LogP) is 3.84. The number of nitrogens with zero attached hydrogens (tertiary/aromatic N) is 3. The van der Waals surface area contributed by atoms with Gasteiger partial charge in [-0.3, -0.25) is 10.1 Å². The molecule has 0 aliphatic rings. The minimum absolute atomic E-state index is 0.0136. The van der Waals surface area contributed by atoms with Gasteiger partial charge >= 0.3 is 0 Å². The maximum atomic E-state index is 10.6. The zero-order chi connectivity index (χ0) is 14.5. The Hall–Kier alpha value is -2.27. The summed E-state index contributed by atoms with van der Waals surface area (Å²) in [6.07, 6.45) is 0. The highest BCUT2D eigenvalue weighted by Crippen LogP contribution is 2.22. The molecule has 6 heteroatoms. The number of rotatable bonds is 3. The average Bonchev–Trinajstić information content (AvgIpc) is 2.46. The fourth-order valence-electron chi connectivity index (χ4n) is 1.56. The standard InChI is InChI=1S/C14H8IN3O2/c15-12-3-1-2-4-13(12)17-14(9-16)10-5-7-11(8-6-10)18(19)20/h1-8H. The van der Waals surface area contributed by atoms with Gasteiger partial charge in [0.15, 0.2) is 0 Å². The maximum absolute atomic E-state index is 10.6. The van der Waals surface area contributed by atoms with Gasteiger partial charge in [-0.05, 0) is 46.9 Å². The molecule has 2 rings (SSSR count). The highest BCUT2D eigenvalue weighted by atomic mass is 127. The molecule has 0 aliphatic heterocycles. The van der Waals surface area contributed by atoms with Crippen LogP contribution in [0.25, 0.3) is 0 Å². The Kier molecular flexibility index (Phi) is 4.42. The molecule has 0 heterocycles. The van der Waals surface area contributed by atoms with E-state index in [-0.39, 0.29) is 11.4 Å². The van der Waals surface area contributed by atoms with Crippen LogP contribution in [0, 0.1) is 25.0 Å². The summed E-state index contributed by atoms with van der Waals surface area (Å²) in [5.41, 5.74) is 1.46. The van der Waals surface area contributed by atoms with Crippen molar-refractivity contribution in [3.63, 3.8) is 0 Å². The topological polar surface area (TPSA) is 79.3 Å². The van der Waals surface area contributed by atoms with Crippen LogP contribution in [-0.4, -0.2) is 10.6 Å². The second kappa shape index (κ2) is 6.25. The van der Waals surface area contributed by atoms with E-state index in [2.05, 4.69) is 27.6 Å². The van der Waals surface area contributed by atoms with Crippen molar-refractivity contribution in [2.45, 2.75) is 0 Å². The first kappa shape index (κ1) is 14.1. The molecule has 2 aromatic carbocycles. The summed E-state index contributed by atoms with van der Waals surface area (Å²) in [7, 11) is 0. The monoisotopic (exact) mass is 377 g/mol. The van der Waals surface area contributed by atoms with Crippen LogP contribution in [0.2, 0.25) is 0 Å². The number of hydrogen-bond donors (Lipinski definition) is 0. The molecule has 5 nitrogen and oxygen atoms in total. The van der Waals surface area contributed by atoms with Gasteiger partial charge < -0.3 is 0 Å². The van der Waals surface area contributed by atoms with Gasteiger partial charge in [0.25, 0.3) is 5.69 Å². The highest BCUT2D eigenvalue weighted by molar-refractivity contribution is 14.1. The van der Waals surface area contributed by atoms with E-state index in [9.17, 15) is 15.4 Å². The van der Waals surface area contributed by atoms with Gasteiger partial charge in [0.05, 0.1) is 10.6 Å². The molecular formula is C14H8IN3O2. The van der Waals surface area contributed by atoms with Crippen LogP contribution in [0.3, 0.4) is 0 Å². The highest BCUT2D eigenvalue weighted by Gasteiger charge is 2.08. The lowest BCUT2D eigenvalue weighted by Gasteiger charge is -2.01. The first-order valence-corrected chi connectivity index (χ1v) is 6.68. The molecule has 0 aliphatic carbocycles. The minimum atomic E-state index is -0.479. The van der Waals surface area contributed by atoms with Crippen LogP contribution < -0.4 is 0 Å². The molecule has 0 amide bonds. The van der Waals surface area contributed by atoms with Gasteiger partial charge in [0.2, 0.25) is 0 Å². The van der Waals surface area contributed by atoms with E-state index in [0.717, 1.165) is 3.57 Å². The second-order valence-electron chi connectivity index (χ2n) is 3.83. The summed E-state index contributed by atoms with van der Waals surface area (Å²) >= 11 is 2.14. The molecular weight excluding hydrogens is 369 g/mol. The Bertz CT molecular complexity index is 718. The van der Waals surface area contributed by atoms with Crippen molar-refractivity contribution in [1.82, 2.24) is 0 Å². The summed E-state index contributed by atoms with van der Waals surface area (Å²) in [6.45, 7) is 0. The fraction of sp³-hybridized carbons (Fsp3) is 0. The zero-order valence-corrected chi connectivity index (χ0v) is 12.3. The van der Waals surface area contributed by atoms with E-state index in [1.54, 1.807) is 0 Å². The molecule has 20 heavy (non-hydrogen) atoms. The number of para-hydroxylation sites is 1. The summed E-state index contributed by atoms with van der Waals surface area (Å²) < 4.78 is 0.930. The first-order chi connectivity index (χ1) is 9.61. The van der Waals surface area contributed by atoms with Crippen molar-refractivity contribution in [1.29, 1.82) is 5.26 Å². The van der Waals surface area contributed by atoms with Gasteiger partial charge in [0.1, 0.15) is 11.8 Å². The summed E-state index contributed by atoms with van der Waals surface area (Å²) in [6, 6.07) is 15.2. The van der Waals surface area contributed by atoms with Crippen molar-refractivity contribution >= 4 is 39.7 Å². The fourth-order valence-corrected chi connectivity index (χ4v) is 2.07. The quantitative estimate of drug-likeness (QED) is 0.353. The van der Waals surface area contributed by atoms with Crippen LogP contribution in [-0.2, 0) is 0 Å². The molecule has 98 valence electrons. The number of nitro groups is 1. The Morgan fingerprint density at radius 2 is 1.85 bits per heavy atom. The van der Waals surface area contributed by atoms with Crippen molar-refractivity contribution in [2.24, 2.45) is 4.99 Å². The summed E-state index contributed by atoms with van der Waals surface area (Å²) in [5.74, 6) is 0. The van der Waals surface area contributed by atoms with Gasteiger partial charge in [0, 0.05) is 21.3 Å². The molecule has 0 N–H and O–H groups in total. The molecule has 0 fully saturated rings. The van der Waals surface area contributed by atoms with E-state index in [1.807, 2.05) is 30.3 Å². The number of halogens is 1. The van der Waals surface area contributed by atoms with E-state index in [4.69, 9.17) is 0 Å². The number of non-ortho nitro benzene ring substituents is 1. The summed E-state index contributed by atoms with van der Waals surface area (Å²) in [4.78, 5) is 14.4. The largest absolute Gasteiger partial charge is 0.269 e. The molecule has 0 spiro atoms. The van der Waals surface area contributed by atoms with E-state index in [1.165, 1.54) is 24.3 Å². The zero-order valence-electron chi connectivity index (χ0n) is 10.2. The van der Waals surface area contributed by atoms with Crippen LogP contribution in [0.15, 0.2) is 53.5 Å². The van der Waals surface area contributed by atoms with E-state index < -0.39 is 4.92 Å². The predicted molar refractivity (Wildman–Crippen MR) is 84.1 cm³/mol. The Balaban J connectivity index is 2.41. The average molecular weight is 377 g/mol. The number of aliphatic imine (C=N–C) groups is 1. The third-order valence-electron chi connectivity index (χ3n) is 2.54. The van der Waals surface area contributed by atoms with Gasteiger partial charge in [-0.25, -0.2) is 4.99 Å². The SMILES string of the molecule is N#CC(=Nc1ccccc1I)c1ccc([N+](=O)[O-])cc1. The third kappa shape index (κ3) is 3.19. The number of nitriles is 1. The molecule has 0 saturated heterocycles. The smallest absolute Gasteiger partial charge is 0.258 e. The van der Waals surface area contributed by atoms with Crippen molar-refractivity contribution in [3.8, 4) is 6.07 Å². The van der Waals surface area contributed by atoms with Crippen LogP contribution in [0.1, 0.15) is 5.56 Å². The molecule has 0 saturated carbocycles. The molecule has 0 bridgehead atoms. The van der Waals surface area contributed by atoms with E-state index >= 15 is 0 Å². The van der Waals surface area contributed by atoms with Gasteiger partial charge in [-0.2, -0.15) is 5.26 Å². The maximum Gasteiger partial charge on any atom is 0.269 e. The van der Waals surface area contributed by atoms with Crippen LogP contribution in [0.4, 0.5) is 11.4 Å². The Morgan fingerprint density at radius 1 is 1.20 bits per heavy atom. The van der Waals surface area contributed by atoms with Crippen LogP contribution in [0.5, 0.6) is 0 Å². The number of nitro benzene ring substituents is 1. The number of benzene rings is 2. The van der Waals surface area contributed by atoms with Gasteiger partial charge in [-0.15, -0.1) is 0 Å². The van der Waals surface area contributed by atoms with E-state index in [0.29, 0.717) is 11.3 Å². The lowest BCUT2D eigenvalue weighted by molar-refractivity contribution is -0.384. The van der Waals surface area contributed by atoms with Gasteiger partial charge in [-0.1, -0.05) is 12.1 Å². The Labute approximate surface area is 128 Å². The van der Waals surface area contributed by atoms with Crippen molar-refractivity contribution in [2.75, 3.05) is 0 Å². The lowest BCUT2D eigenvalue weighted by atomic mass is 10.1. The Morgan fingerprint density at radius 3 is 2.40 bits per heavy atom. The molecule has 0 atom stereocenters. The molecule has 0 unspecified atom stereocenters. The lowest BCUT2D eigenvalue weighted by Crippen LogP contribution is -1.97. The molecule has 0 radical (unpaired) electrons. The third-order valence-corrected chi connectivity index (χ3v) is 3.45. The second-order valence-corrected chi connectivity index (χ2v) is 4.99. The normalized spacial score (nSPS) is 10.9. The summed E-state index contributed by atoms with van der Waals surface area (Å²) in [5, 5.41) is 19.8. The first-order valence-electron chi connectivity index (χ1n) is 5.60.